The summed E-state index contributed by atoms with van der Waals surface area (Å²) in [4.78, 5) is 25.9. The van der Waals surface area contributed by atoms with Crippen LogP contribution < -0.4 is 11.1 Å². The third kappa shape index (κ3) is 7.23. The third-order valence-corrected chi connectivity index (χ3v) is 8.13. The monoisotopic (exact) mass is 568 g/mol. The predicted molar refractivity (Wildman–Crippen MR) is 161 cm³/mol. The average Bonchev–Trinajstić information content (AvgIpc) is 3.00. The van der Waals surface area contributed by atoms with Gasteiger partial charge in [-0.15, -0.1) is 11.8 Å². The van der Waals surface area contributed by atoms with Crippen molar-refractivity contribution >= 4 is 34.8 Å². The highest BCUT2D eigenvalue weighted by atomic mass is 32.2. The molecule has 1 aliphatic heterocycles. The largest absolute Gasteiger partial charge is 0.398 e. The van der Waals surface area contributed by atoms with Crippen LogP contribution in [-0.2, 0) is 16.1 Å². The Labute approximate surface area is 243 Å². The summed E-state index contributed by atoms with van der Waals surface area (Å²) >= 11 is 1.64. The Morgan fingerprint density at radius 3 is 2.41 bits per heavy atom. The van der Waals surface area contributed by atoms with Crippen molar-refractivity contribution < 1.29 is 24.2 Å². The van der Waals surface area contributed by atoms with Gasteiger partial charge in [0.15, 0.2) is 12.1 Å². The van der Waals surface area contributed by atoms with Gasteiger partial charge >= 0.3 is 0 Å². The third-order valence-electron chi connectivity index (χ3n) is 6.91. The molecule has 1 saturated heterocycles. The van der Waals surface area contributed by atoms with Crippen LogP contribution in [0, 0.1) is 0 Å². The van der Waals surface area contributed by atoms with Gasteiger partial charge in [0.05, 0.1) is 18.8 Å². The quantitative estimate of drug-likeness (QED) is 0.119. The first kappa shape index (κ1) is 28.6. The first-order chi connectivity index (χ1) is 19.9. The van der Waals surface area contributed by atoms with Crippen LogP contribution in [0.1, 0.15) is 63.1 Å². The number of carbonyl (C=O) groups excluding carboxylic acids is 2. The lowest BCUT2D eigenvalue weighted by molar-refractivity contribution is -0.245. The number of aliphatic hydroxyl groups excluding tert-OH is 1. The summed E-state index contributed by atoms with van der Waals surface area (Å²) in [5.41, 5.74) is 10.9. The van der Waals surface area contributed by atoms with Crippen LogP contribution in [0.2, 0.25) is 0 Å². The van der Waals surface area contributed by atoms with Crippen LogP contribution in [0.5, 0.6) is 0 Å². The topological polar surface area (TPSA) is 111 Å². The fourth-order valence-electron chi connectivity index (χ4n) is 4.66. The maximum absolute atomic E-state index is 13.1. The number of ether oxygens (including phenoxy) is 2. The summed E-state index contributed by atoms with van der Waals surface area (Å²) in [5, 5.41) is 12.3. The number of nitrogen functional groups attached to an aromatic ring is 1. The van der Waals surface area contributed by atoms with Crippen molar-refractivity contribution in [2.24, 2.45) is 0 Å². The summed E-state index contributed by atoms with van der Waals surface area (Å²) in [6.45, 7) is 1.46. The standard InChI is InChI=1S/C33H32N2O5S/c1-21(37)24-6-5-9-27(17-24)35-32(38)25-7-4-8-26(16-25)33-39-28(20-41-31-11-3-2-10-29(31)34)18-30(40-33)23-14-12-22(19-36)13-15-23/h2-17,28,30,33,36H,18-20,34H2,1H3,(H,35,38)/t28-,30+,33?/m0/s1. The molecular formula is C33H32N2O5S. The number of amides is 1. The highest BCUT2D eigenvalue weighted by Gasteiger charge is 2.32. The van der Waals surface area contributed by atoms with E-state index in [4.69, 9.17) is 15.2 Å². The van der Waals surface area contributed by atoms with Crippen LogP contribution in [0.4, 0.5) is 11.4 Å². The summed E-state index contributed by atoms with van der Waals surface area (Å²) in [6.07, 6.45) is -0.444. The zero-order valence-corrected chi connectivity index (χ0v) is 23.5. The van der Waals surface area contributed by atoms with E-state index in [0.717, 1.165) is 27.3 Å². The zero-order chi connectivity index (χ0) is 28.8. The zero-order valence-electron chi connectivity index (χ0n) is 22.7. The van der Waals surface area contributed by atoms with Gasteiger partial charge in [-0.25, -0.2) is 0 Å². The summed E-state index contributed by atoms with van der Waals surface area (Å²) in [6, 6.07) is 29.5. The number of nitrogens with one attached hydrogen (secondary N) is 1. The number of rotatable bonds is 9. The number of Topliss-reactive ketones (excluding diaryl/α,β-unsaturated/α-hetero) is 1. The maximum Gasteiger partial charge on any atom is 0.255 e. The smallest absolute Gasteiger partial charge is 0.255 e. The predicted octanol–water partition coefficient (Wildman–Crippen LogP) is 6.55. The highest BCUT2D eigenvalue weighted by molar-refractivity contribution is 7.99. The molecule has 5 rings (SSSR count). The Hall–Kier alpha value is -3.95. The molecule has 0 bridgehead atoms. The summed E-state index contributed by atoms with van der Waals surface area (Å²) < 4.78 is 12.9. The number of aliphatic hydroxyl groups is 1. The molecular weight excluding hydrogens is 536 g/mol. The van der Waals surface area contributed by atoms with E-state index in [1.165, 1.54) is 6.92 Å². The van der Waals surface area contributed by atoms with Gasteiger partial charge in [0, 0.05) is 45.1 Å². The lowest BCUT2D eigenvalue weighted by Crippen LogP contribution is -2.31. The number of anilines is 2. The van der Waals surface area contributed by atoms with E-state index in [1.54, 1.807) is 54.2 Å². The van der Waals surface area contributed by atoms with Crippen molar-refractivity contribution in [2.75, 3.05) is 16.8 Å². The second-order valence-electron chi connectivity index (χ2n) is 9.92. The van der Waals surface area contributed by atoms with Gasteiger partial charge in [-0.05, 0) is 54.4 Å². The molecule has 3 atom stereocenters. The lowest BCUT2D eigenvalue weighted by atomic mass is 10.0. The molecule has 1 heterocycles. The molecule has 4 aromatic carbocycles. The number of nitrogens with two attached hydrogens (primary N) is 1. The van der Waals surface area contributed by atoms with E-state index in [1.807, 2.05) is 54.6 Å². The van der Waals surface area contributed by atoms with Gasteiger partial charge in [0.2, 0.25) is 0 Å². The Bertz CT molecular complexity index is 1520. The van der Waals surface area contributed by atoms with Crippen molar-refractivity contribution in [1.82, 2.24) is 0 Å². The lowest BCUT2D eigenvalue weighted by Gasteiger charge is -2.36. The van der Waals surface area contributed by atoms with Crippen molar-refractivity contribution in [2.45, 2.75) is 43.3 Å². The van der Waals surface area contributed by atoms with Crippen LogP contribution >= 0.6 is 11.8 Å². The van der Waals surface area contributed by atoms with Crippen LogP contribution in [-0.4, -0.2) is 28.7 Å². The Kier molecular flexibility index (Phi) is 9.16. The minimum atomic E-state index is -0.696. The first-order valence-corrected chi connectivity index (χ1v) is 14.4. The van der Waals surface area contributed by atoms with E-state index >= 15 is 0 Å². The molecule has 0 aliphatic carbocycles. The molecule has 0 spiro atoms. The van der Waals surface area contributed by atoms with Crippen LogP contribution in [0.25, 0.3) is 0 Å². The Morgan fingerprint density at radius 2 is 1.66 bits per heavy atom. The number of benzene rings is 4. The fourth-order valence-corrected chi connectivity index (χ4v) is 5.65. The van der Waals surface area contributed by atoms with Gasteiger partial charge < -0.3 is 25.6 Å². The number of carbonyl (C=O) groups is 2. The minimum absolute atomic E-state index is 0.0246. The number of hydrogen-bond donors (Lipinski definition) is 3. The SMILES string of the molecule is CC(=O)c1cccc(NC(=O)c2cccc(C3O[C@H](CSc4ccccc4N)C[C@H](c4ccc(CO)cc4)O3)c2)c1. The fraction of sp³-hybridized carbons (Fsp3) is 0.212. The van der Waals surface area contributed by atoms with Crippen molar-refractivity contribution in [3.05, 3.63) is 125 Å². The van der Waals surface area contributed by atoms with E-state index in [0.29, 0.717) is 29.0 Å². The molecule has 1 amide bonds. The number of para-hydroxylation sites is 1. The molecule has 1 aliphatic rings. The molecule has 0 radical (unpaired) electrons. The van der Waals surface area contributed by atoms with E-state index in [2.05, 4.69) is 5.32 Å². The van der Waals surface area contributed by atoms with Crippen molar-refractivity contribution in [3.8, 4) is 0 Å². The van der Waals surface area contributed by atoms with Gasteiger partial charge in [-0.3, -0.25) is 9.59 Å². The Balaban J connectivity index is 1.36. The molecule has 4 N–H and O–H groups in total. The van der Waals surface area contributed by atoms with Crippen LogP contribution in [0.15, 0.2) is 102 Å². The summed E-state index contributed by atoms with van der Waals surface area (Å²) in [5.74, 6) is 0.301. The molecule has 7 nitrogen and oxygen atoms in total. The molecule has 0 saturated carbocycles. The molecule has 4 aromatic rings. The average molecular weight is 569 g/mol. The minimum Gasteiger partial charge on any atom is -0.398 e. The van der Waals surface area contributed by atoms with Crippen LogP contribution in [0.3, 0.4) is 0 Å². The molecule has 1 fully saturated rings. The molecule has 210 valence electrons. The van der Waals surface area contributed by atoms with Gasteiger partial charge in [-0.1, -0.05) is 60.7 Å². The van der Waals surface area contributed by atoms with E-state index < -0.39 is 6.29 Å². The number of ketones is 1. The Morgan fingerprint density at radius 1 is 0.902 bits per heavy atom. The number of hydrogen-bond acceptors (Lipinski definition) is 7. The summed E-state index contributed by atoms with van der Waals surface area (Å²) in [7, 11) is 0. The highest BCUT2D eigenvalue weighted by Crippen LogP contribution is 2.40. The molecule has 41 heavy (non-hydrogen) atoms. The van der Waals surface area contributed by atoms with E-state index in [9.17, 15) is 14.7 Å². The second-order valence-corrected chi connectivity index (χ2v) is 11.0. The van der Waals surface area contributed by atoms with Gasteiger partial charge in [-0.2, -0.15) is 0 Å². The normalized spacial score (nSPS) is 18.5. The molecule has 1 unspecified atom stereocenters. The number of thioether (sulfide) groups is 1. The van der Waals surface area contributed by atoms with Crippen molar-refractivity contribution in [1.29, 1.82) is 0 Å². The molecule has 0 aromatic heterocycles. The van der Waals surface area contributed by atoms with E-state index in [-0.39, 0.29) is 30.5 Å². The second kappa shape index (κ2) is 13.1. The van der Waals surface area contributed by atoms with Gasteiger partial charge in [0.25, 0.3) is 5.91 Å². The van der Waals surface area contributed by atoms with Gasteiger partial charge in [0.1, 0.15) is 0 Å². The molecule has 8 heteroatoms. The maximum atomic E-state index is 13.1. The first-order valence-electron chi connectivity index (χ1n) is 13.4. The van der Waals surface area contributed by atoms with Crippen molar-refractivity contribution in [3.63, 3.8) is 0 Å².